The van der Waals surface area contributed by atoms with Crippen molar-refractivity contribution in [2.24, 2.45) is 11.8 Å². The zero-order valence-corrected chi connectivity index (χ0v) is 13.1. The van der Waals surface area contributed by atoms with Crippen molar-refractivity contribution in [3.8, 4) is 0 Å². The Morgan fingerprint density at radius 1 is 1.10 bits per heavy atom. The Bertz CT molecular complexity index is 489. The molecule has 1 aliphatic heterocycles. The van der Waals surface area contributed by atoms with Gasteiger partial charge in [-0.2, -0.15) is 15.0 Å². The maximum atomic E-state index is 5.80. The fourth-order valence-electron chi connectivity index (χ4n) is 3.72. The summed E-state index contributed by atoms with van der Waals surface area (Å²) in [6, 6.07) is 0. The summed E-state index contributed by atoms with van der Waals surface area (Å²) >= 11 is 0. The van der Waals surface area contributed by atoms with E-state index in [0.29, 0.717) is 11.9 Å². The molecular formula is C15H26N6. The van der Waals surface area contributed by atoms with Gasteiger partial charge in [0.15, 0.2) is 0 Å². The van der Waals surface area contributed by atoms with E-state index in [4.69, 9.17) is 5.73 Å². The van der Waals surface area contributed by atoms with Crippen molar-refractivity contribution in [3.05, 3.63) is 5.82 Å². The molecule has 0 aromatic carbocycles. The minimum atomic E-state index is 0.316. The monoisotopic (exact) mass is 290 g/mol. The number of nitrogens with two attached hydrogens (primary N) is 1. The number of anilines is 2. The lowest BCUT2D eigenvalue weighted by Gasteiger charge is -2.41. The Hall–Kier alpha value is -1.43. The van der Waals surface area contributed by atoms with Gasteiger partial charge in [0.25, 0.3) is 0 Å². The van der Waals surface area contributed by atoms with E-state index in [0.717, 1.165) is 30.7 Å². The quantitative estimate of drug-likeness (QED) is 0.910. The highest BCUT2D eigenvalue weighted by atomic mass is 15.3. The van der Waals surface area contributed by atoms with E-state index in [1.165, 1.54) is 38.6 Å². The second kappa shape index (κ2) is 6.13. The van der Waals surface area contributed by atoms with Crippen molar-refractivity contribution < 1.29 is 0 Å². The normalized spacial score (nSPS) is 26.4. The predicted molar refractivity (Wildman–Crippen MR) is 83.9 cm³/mol. The zero-order chi connectivity index (χ0) is 14.8. The highest BCUT2D eigenvalue weighted by Gasteiger charge is 2.31. The highest BCUT2D eigenvalue weighted by Crippen LogP contribution is 2.36. The molecule has 2 N–H and O–H groups in total. The van der Waals surface area contributed by atoms with Gasteiger partial charge in [0, 0.05) is 20.6 Å². The molecule has 1 aliphatic carbocycles. The minimum Gasteiger partial charge on any atom is -0.368 e. The van der Waals surface area contributed by atoms with Crippen LogP contribution in [0.1, 0.15) is 37.9 Å². The molecule has 3 rings (SSSR count). The molecule has 1 aromatic rings. The van der Waals surface area contributed by atoms with Crippen LogP contribution in [0.25, 0.3) is 0 Å². The SMILES string of the molecule is CN(C)c1nc(N)nc(CN2CCC3CCCCC3C2)n1. The maximum Gasteiger partial charge on any atom is 0.229 e. The first-order chi connectivity index (χ1) is 10.1. The Morgan fingerprint density at radius 2 is 1.86 bits per heavy atom. The number of rotatable bonds is 3. The van der Waals surface area contributed by atoms with E-state index in [9.17, 15) is 0 Å². The first-order valence-corrected chi connectivity index (χ1v) is 8.02. The molecule has 1 aromatic heterocycles. The Labute approximate surface area is 126 Å². The predicted octanol–water partition coefficient (Wildman–Crippen LogP) is 1.53. The topological polar surface area (TPSA) is 71.2 Å². The summed E-state index contributed by atoms with van der Waals surface area (Å²) < 4.78 is 0. The van der Waals surface area contributed by atoms with E-state index in [2.05, 4.69) is 19.9 Å². The lowest BCUT2D eigenvalue weighted by Crippen LogP contribution is -2.41. The van der Waals surface area contributed by atoms with Gasteiger partial charge in [-0.1, -0.05) is 19.3 Å². The van der Waals surface area contributed by atoms with Gasteiger partial charge in [-0.05, 0) is 31.2 Å². The Kier molecular flexibility index (Phi) is 4.24. The summed E-state index contributed by atoms with van der Waals surface area (Å²) in [5.41, 5.74) is 5.80. The molecule has 2 heterocycles. The molecule has 116 valence electrons. The number of piperidine rings is 1. The Balaban J connectivity index is 1.66. The number of nitrogens with zero attached hydrogens (tertiary/aromatic N) is 5. The van der Waals surface area contributed by atoms with Crippen molar-refractivity contribution in [2.75, 3.05) is 37.8 Å². The van der Waals surface area contributed by atoms with Crippen molar-refractivity contribution in [1.82, 2.24) is 19.9 Å². The fourth-order valence-corrected chi connectivity index (χ4v) is 3.72. The van der Waals surface area contributed by atoms with Gasteiger partial charge in [-0.15, -0.1) is 0 Å². The number of likely N-dealkylation sites (tertiary alicyclic amines) is 1. The van der Waals surface area contributed by atoms with Crippen LogP contribution >= 0.6 is 0 Å². The third-order valence-electron chi connectivity index (χ3n) is 4.83. The van der Waals surface area contributed by atoms with Crippen LogP contribution in [0.3, 0.4) is 0 Å². The molecule has 2 aliphatic rings. The van der Waals surface area contributed by atoms with E-state index >= 15 is 0 Å². The molecule has 2 fully saturated rings. The average Bonchev–Trinajstić information content (AvgIpc) is 2.46. The molecule has 2 atom stereocenters. The number of nitrogen functional groups attached to an aromatic ring is 1. The highest BCUT2D eigenvalue weighted by molar-refractivity contribution is 5.32. The van der Waals surface area contributed by atoms with Gasteiger partial charge in [0.05, 0.1) is 6.54 Å². The van der Waals surface area contributed by atoms with Gasteiger partial charge in [0.2, 0.25) is 11.9 Å². The molecular weight excluding hydrogens is 264 g/mol. The van der Waals surface area contributed by atoms with Crippen LogP contribution in [-0.2, 0) is 6.54 Å². The second-order valence-corrected chi connectivity index (χ2v) is 6.63. The summed E-state index contributed by atoms with van der Waals surface area (Å²) in [4.78, 5) is 17.3. The number of hydrogen-bond donors (Lipinski definition) is 1. The molecule has 0 spiro atoms. The minimum absolute atomic E-state index is 0.316. The lowest BCUT2D eigenvalue weighted by molar-refractivity contribution is 0.0803. The van der Waals surface area contributed by atoms with Crippen LogP contribution < -0.4 is 10.6 Å². The van der Waals surface area contributed by atoms with E-state index in [1.807, 2.05) is 19.0 Å². The van der Waals surface area contributed by atoms with Gasteiger partial charge >= 0.3 is 0 Å². The van der Waals surface area contributed by atoms with Crippen LogP contribution in [0, 0.1) is 11.8 Å². The Morgan fingerprint density at radius 3 is 2.62 bits per heavy atom. The van der Waals surface area contributed by atoms with Crippen LogP contribution in [-0.4, -0.2) is 47.0 Å². The summed E-state index contributed by atoms with van der Waals surface area (Å²) in [6.07, 6.45) is 6.98. The first kappa shape index (κ1) is 14.5. The molecule has 21 heavy (non-hydrogen) atoms. The molecule has 2 unspecified atom stereocenters. The standard InChI is InChI=1S/C15H26N6/c1-20(2)15-18-13(17-14(16)19-15)10-21-8-7-11-5-3-4-6-12(11)9-21/h11-12H,3-10H2,1-2H3,(H2,16,17,18,19). The van der Waals surface area contributed by atoms with Crippen molar-refractivity contribution in [2.45, 2.75) is 38.6 Å². The fraction of sp³-hybridized carbons (Fsp3) is 0.800. The second-order valence-electron chi connectivity index (χ2n) is 6.63. The zero-order valence-electron chi connectivity index (χ0n) is 13.1. The summed E-state index contributed by atoms with van der Waals surface area (Å²) in [5.74, 6) is 3.58. The average molecular weight is 290 g/mol. The lowest BCUT2D eigenvalue weighted by atomic mass is 9.75. The van der Waals surface area contributed by atoms with E-state index in [-0.39, 0.29) is 0 Å². The number of hydrogen-bond acceptors (Lipinski definition) is 6. The molecule has 0 radical (unpaired) electrons. The summed E-state index contributed by atoms with van der Waals surface area (Å²) in [5, 5.41) is 0. The van der Waals surface area contributed by atoms with Gasteiger partial charge in [0.1, 0.15) is 5.82 Å². The first-order valence-electron chi connectivity index (χ1n) is 8.02. The summed E-state index contributed by atoms with van der Waals surface area (Å²) in [6.45, 7) is 3.13. The molecule has 1 saturated carbocycles. The third kappa shape index (κ3) is 3.43. The van der Waals surface area contributed by atoms with E-state index < -0.39 is 0 Å². The van der Waals surface area contributed by atoms with Gasteiger partial charge in [-0.25, -0.2) is 0 Å². The molecule has 1 saturated heterocycles. The van der Waals surface area contributed by atoms with Crippen LogP contribution in [0.4, 0.5) is 11.9 Å². The largest absolute Gasteiger partial charge is 0.368 e. The van der Waals surface area contributed by atoms with Crippen LogP contribution in [0.2, 0.25) is 0 Å². The smallest absolute Gasteiger partial charge is 0.229 e. The number of fused-ring (bicyclic) bond motifs is 1. The molecule has 0 bridgehead atoms. The molecule has 0 amide bonds. The van der Waals surface area contributed by atoms with Gasteiger partial charge < -0.3 is 10.6 Å². The van der Waals surface area contributed by atoms with Crippen LogP contribution in [0.5, 0.6) is 0 Å². The molecule has 6 nitrogen and oxygen atoms in total. The number of aromatic nitrogens is 3. The van der Waals surface area contributed by atoms with Crippen molar-refractivity contribution >= 4 is 11.9 Å². The van der Waals surface area contributed by atoms with E-state index in [1.54, 1.807) is 0 Å². The van der Waals surface area contributed by atoms with Crippen molar-refractivity contribution in [1.29, 1.82) is 0 Å². The molecule has 6 heteroatoms. The summed E-state index contributed by atoms with van der Waals surface area (Å²) in [7, 11) is 3.85. The van der Waals surface area contributed by atoms with Gasteiger partial charge in [-0.3, -0.25) is 4.90 Å². The maximum absolute atomic E-state index is 5.80. The van der Waals surface area contributed by atoms with Crippen molar-refractivity contribution in [3.63, 3.8) is 0 Å². The third-order valence-corrected chi connectivity index (χ3v) is 4.83. The van der Waals surface area contributed by atoms with Crippen LogP contribution in [0.15, 0.2) is 0 Å².